The summed E-state index contributed by atoms with van der Waals surface area (Å²) >= 11 is 0. The number of nitrogens with two attached hydrogens (primary N) is 1. The number of nitrogens with zero attached hydrogens (tertiary/aromatic N) is 5. The fourth-order valence-electron chi connectivity index (χ4n) is 3.88. The Hall–Kier alpha value is -2.94. The van der Waals surface area contributed by atoms with Crippen LogP contribution in [0, 0.1) is 0 Å². The SMILES string of the molecule is Nc1nc(N2CCN(CC(=O)N3CCCC3)CC2)c2cc(C(=O)O)ccc2n1. The second-order valence-corrected chi connectivity index (χ2v) is 7.29. The smallest absolute Gasteiger partial charge is 0.335 e. The number of aromatic nitrogens is 2. The molecule has 3 heterocycles. The first-order chi connectivity index (χ1) is 13.5. The standard InChI is InChI=1S/C19H24N6O3/c20-19-21-15-4-3-13(18(27)28)11-14(15)17(22-19)25-9-7-23(8-10-25)12-16(26)24-5-1-2-6-24/h3-4,11H,1-2,5-10,12H2,(H,27,28)(H2,20,21,22). The second kappa shape index (κ2) is 7.59. The molecule has 4 rings (SSSR count). The van der Waals surface area contributed by atoms with E-state index in [4.69, 9.17) is 5.73 Å². The molecule has 0 spiro atoms. The lowest BCUT2D eigenvalue weighted by atomic mass is 10.1. The molecule has 2 fully saturated rings. The molecule has 28 heavy (non-hydrogen) atoms. The molecule has 3 N–H and O–H groups in total. The monoisotopic (exact) mass is 384 g/mol. The van der Waals surface area contributed by atoms with Crippen LogP contribution in [0.3, 0.4) is 0 Å². The normalized spacial score (nSPS) is 18.0. The average molecular weight is 384 g/mol. The van der Waals surface area contributed by atoms with E-state index in [1.54, 1.807) is 12.1 Å². The van der Waals surface area contributed by atoms with Gasteiger partial charge >= 0.3 is 5.97 Å². The molecule has 2 aliphatic rings. The molecule has 0 radical (unpaired) electrons. The zero-order chi connectivity index (χ0) is 19.7. The summed E-state index contributed by atoms with van der Waals surface area (Å²) in [7, 11) is 0. The van der Waals surface area contributed by atoms with Gasteiger partial charge in [-0.15, -0.1) is 0 Å². The second-order valence-electron chi connectivity index (χ2n) is 7.29. The minimum Gasteiger partial charge on any atom is -0.478 e. The quantitative estimate of drug-likeness (QED) is 0.790. The van der Waals surface area contributed by atoms with Crippen LogP contribution in [0.4, 0.5) is 11.8 Å². The Morgan fingerprint density at radius 1 is 1.04 bits per heavy atom. The van der Waals surface area contributed by atoms with E-state index in [1.165, 1.54) is 6.07 Å². The Morgan fingerprint density at radius 3 is 2.43 bits per heavy atom. The van der Waals surface area contributed by atoms with Crippen molar-refractivity contribution in [1.29, 1.82) is 0 Å². The summed E-state index contributed by atoms with van der Waals surface area (Å²) in [5.41, 5.74) is 6.68. The molecule has 0 bridgehead atoms. The number of carboxylic acid groups (broad SMARTS) is 1. The highest BCUT2D eigenvalue weighted by molar-refractivity contribution is 5.97. The summed E-state index contributed by atoms with van der Waals surface area (Å²) < 4.78 is 0. The van der Waals surface area contributed by atoms with Crippen molar-refractivity contribution in [2.45, 2.75) is 12.8 Å². The molecule has 2 aliphatic heterocycles. The fourth-order valence-corrected chi connectivity index (χ4v) is 3.88. The predicted octanol–water partition coefficient (Wildman–Crippen LogP) is 0.655. The van der Waals surface area contributed by atoms with Gasteiger partial charge in [-0.3, -0.25) is 9.69 Å². The number of amides is 1. The van der Waals surface area contributed by atoms with Gasteiger partial charge in [-0.1, -0.05) is 0 Å². The lowest BCUT2D eigenvalue weighted by Crippen LogP contribution is -2.50. The summed E-state index contributed by atoms with van der Waals surface area (Å²) in [6, 6.07) is 4.77. The minimum absolute atomic E-state index is 0.164. The molecule has 1 aromatic carbocycles. The third kappa shape index (κ3) is 3.70. The number of likely N-dealkylation sites (tertiary alicyclic amines) is 1. The molecule has 0 aliphatic carbocycles. The molecule has 9 nitrogen and oxygen atoms in total. The number of benzene rings is 1. The Balaban J connectivity index is 1.49. The summed E-state index contributed by atoms with van der Waals surface area (Å²) in [4.78, 5) is 38.5. The summed E-state index contributed by atoms with van der Waals surface area (Å²) in [5, 5.41) is 9.96. The van der Waals surface area contributed by atoms with E-state index in [1.807, 2.05) is 4.90 Å². The highest BCUT2D eigenvalue weighted by atomic mass is 16.4. The van der Waals surface area contributed by atoms with Crippen molar-refractivity contribution < 1.29 is 14.7 Å². The van der Waals surface area contributed by atoms with E-state index in [9.17, 15) is 14.7 Å². The van der Waals surface area contributed by atoms with Gasteiger partial charge in [0.2, 0.25) is 11.9 Å². The number of hydrogen-bond acceptors (Lipinski definition) is 7. The topological polar surface area (TPSA) is 116 Å². The molecule has 2 aromatic rings. The van der Waals surface area contributed by atoms with Crippen LogP contribution in [0.5, 0.6) is 0 Å². The predicted molar refractivity (Wildman–Crippen MR) is 105 cm³/mol. The molecule has 2 saturated heterocycles. The highest BCUT2D eigenvalue weighted by Crippen LogP contribution is 2.27. The van der Waals surface area contributed by atoms with Gasteiger partial charge in [-0.2, -0.15) is 4.98 Å². The van der Waals surface area contributed by atoms with Crippen molar-refractivity contribution in [3.05, 3.63) is 23.8 Å². The Morgan fingerprint density at radius 2 is 1.75 bits per heavy atom. The van der Waals surface area contributed by atoms with Crippen LogP contribution >= 0.6 is 0 Å². The van der Waals surface area contributed by atoms with Crippen LogP contribution < -0.4 is 10.6 Å². The van der Waals surface area contributed by atoms with Gasteiger partial charge in [-0.25, -0.2) is 9.78 Å². The Kier molecular flexibility index (Phi) is 4.99. The first-order valence-corrected chi connectivity index (χ1v) is 9.57. The molecular weight excluding hydrogens is 360 g/mol. The number of fused-ring (bicyclic) bond motifs is 1. The number of carbonyl (C=O) groups is 2. The van der Waals surface area contributed by atoms with Crippen molar-refractivity contribution in [3.8, 4) is 0 Å². The van der Waals surface area contributed by atoms with Gasteiger partial charge in [0.15, 0.2) is 0 Å². The number of carboxylic acids is 1. The first-order valence-electron chi connectivity index (χ1n) is 9.57. The van der Waals surface area contributed by atoms with Crippen LogP contribution in [0.2, 0.25) is 0 Å². The van der Waals surface area contributed by atoms with Gasteiger partial charge in [-0.05, 0) is 31.0 Å². The fraction of sp³-hybridized carbons (Fsp3) is 0.474. The lowest BCUT2D eigenvalue weighted by Gasteiger charge is -2.36. The number of piperazine rings is 1. The number of nitrogen functional groups attached to an aromatic ring is 1. The van der Waals surface area contributed by atoms with Gasteiger partial charge in [0.1, 0.15) is 5.82 Å². The molecular formula is C19H24N6O3. The van der Waals surface area contributed by atoms with E-state index in [2.05, 4.69) is 19.8 Å². The molecule has 1 aromatic heterocycles. The first kappa shape index (κ1) is 18.4. The summed E-state index contributed by atoms with van der Waals surface area (Å²) in [6.07, 6.45) is 2.19. The van der Waals surface area contributed by atoms with Gasteiger partial charge in [0.25, 0.3) is 0 Å². The molecule has 9 heteroatoms. The zero-order valence-electron chi connectivity index (χ0n) is 15.7. The van der Waals surface area contributed by atoms with Crippen molar-refractivity contribution >= 4 is 34.5 Å². The molecule has 0 atom stereocenters. The van der Waals surface area contributed by atoms with Crippen LogP contribution in [0.1, 0.15) is 23.2 Å². The molecule has 148 valence electrons. The molecule has 0 unspecified atom stereocenters. The Bertz CT molecular complexity index is 904. The van der Waals surface area contributed by atoms with Crippen molar-refractivity contribution in [3.63, 3.8) is 0 Å². The number of hydrogen-bond donors (Lipinski definition) is 2. The van der Waals surface area contributed by atoms with Crippen LogP contribution in [0.15, 0.2) is 18.2 Å². The van der Waals surface area contributed by atoms with Crippen LogP contribution in [-0.4, -0.2) is 82.6 Å². The van der Waals surface area contributed by atoms with Crippen molar-refractivity contribution in [2.24, 2.45) is 0 Å². The number of anilines is 2. The van der Waals surface area contributed by atoms with Crippen LogP contribution in [-0.2, 0) is 4.79 Å². The number of rotatable bonds is 4. The molecule has 0 saturated carbocycles. The summed E-state index contributed by atoms with van der Waals surface area (Å²) in [6.45, 7) is 5.05. The lowest BCUT2D eigenvalue weighted by molar-refractivity contribution is -0.131. The van der Waals surface area contributed by atoms with E-state index >= 15 is 0 Å². The van der Waals surface area contributed by atoms with E-state index in [-0.39, 0.29) is 17.4 Å². The zero-order valence-corrected chi connectivity index (χ0v) is 15.7. The third-order valence-electron chi connectivity index (χ3n) is 5.43. The van der Waals surface area contributed by atoms with E-state index < -0.39 is 5.97 Å². The van der Waals surface area contributed by atoms with Gasteiger partial charge in [0, 0.05) is 44.7 Å². The third-order valence-corrected chi connectivity index (χ3v) is 5.43. The maximum Gasteiger partial charge on any atom is 0.335 e. The highest BCUT2D eigenvalue weighted by Gasteiger charge is 2.25. The van der Waals surface area contributed by atoms with Gasteiger partial charge < -0.3 is 20.6 Å². The van der Waals surface area contributed by atoms with E-state index in [0.717, 1.165) is 39.0 Å². The van der Waals surface area contributed by atoms with Crippen LogP contribution in [0.25, 0.3) is 10.9 Å². The largest absolute Gasteiger partial charge is 0.478 e. The molecule has 1 amide bonds. The maximum absolute atomic E-state index is 12.4. The Labute approximate surface area is 162 Å². The maximum atomic E-state index is 12.4. The van der Waals surface area contributed by atoms with Gasteiger partial charge in [0.05, 0.1) is 17.6 Å². The van der Waals surface area contributed by atoms with Crippen molar-refractivity contribution in [2.75, 3.05) is 56.4 Å². The number of carbonyl (C=O) groups excluding carboxylic acids is 1. The number of aromatic carboxylic acids is 1. The minimum atomic E-state index is -0.991. The average Bonchev–Trinajstić information content (AvgIpc) is 3.22. The van der Waals surface area contributed by atoms with E-state index in [0.29, 0.717) is 36.4 Å². The van der Waals surface area contributed by atoms with Crippen molar-refractivity contribution in [1.82, 2.24) is 19.8 Å². The summed E-state index contributed by atoms with van der Waals surface area (Å²) in [5.74, 6) is 0.0250.